The molecule has 10 aromatic rings. The summed E-state index contributed by atoms with van der Waals surface area (Å²) in [6.45, 7) is 0. The molecule has 6 nitrogen and oxygen atoms in total. The smallest absolute Gasteiger partial charge is 0.335 e. The second-order valence-electron chi connectivity index (χ2n) is 16.1. The van der Waals surface area contributed by atoms with Crippen molar-refractivity contribution in [3.05, 3.63) is 205 Å². The summed E-state index contributed by atoms with van der Waals surface area (Å²) < 4.78 is 14.4. The highest BCUT2D eigenvalue weighted by Gasteiger charge is 2.27. The first kappa shape index (κ1) is 42.0. The summed E-state index contributed by atoms with van der Waals surface area (Å²) >= 11 is 6.74. The van der Waals surface area contributed by atoms with E-state index < -0.39 is 11.9 Å². The van der Waals surface area contributed by atoms with Crippen LogP contribution < -0.4 is 9.47 Å². The molecule has 2 aliphatic heterocycles. The Morgan fingerprint density at radius 2 is 0.706 bits per heavy atom. The Hall–Kier alpha value is -7.34. The van der Waals surface area contributed by atoms with Gasteiger partial charge in [-0.3, -0.25) is 0 Å². The van der Waals surface area contributed by atoms with Crippen LogP contribution in [0.4, 0.5) is 0 Å². The van der Waals surface area contributed by atoms with Gasteiger partial charge in [0.25, 0.3) is 0 Å². The molecule has 10 aromatic carbocycles. The van der Waals surface area contributed by atoms with Gasteiger partial charge >= 0.3 is 11.9 Å². The lowest BCUT2D eigenvalue weighted by Crippen LogP contribution is -2.01. The molecule has 0 atom stereocenters. The highest BCUT2D eigenvalue weighted by atomic mass is 32.2. The number of carboxylic acids is 2. The van der Waals surface area contributed by atoms with Gasteiger partial charge in [-0.25, -0.2) is 9.59 Å². The lowest BCUT2D eigenvalue weighted by Gasteiger charge is -2.24. The third-order valence-corrected chi connectivity index (χ3v) is 17.3. The molecule has 0 aliphatic carbocycles. The van der Waals surface area contributed by atoms with Gasteiger partial charge in [-0.15, -0.1) is 0 Å². The second-order valence-corrected chi connectivity index (χ2v) is 20.4. The van der Waals surface area contributed by atoms with Crippen molar-refractivity contribution in [3.63, 3.8) is 0 Å². The second kappa shape index (κ2) is 17.4. The topological polar surface area (TPSA) is 93.1 Å². The van der Waals surface area contributed by atoms with Gasteiger partial charge in [0.1, 0.15) is 23.0 Å². The van der Waals surface area contributed by atoms with Crippen LogP contribution in [0.25, 0.3) is 54.9 Å². The van der Waals surface area contributed by atoms with E-state index in [2.05, 4.69) is 60.7 Å². The van der Waals surface area contributed by atoms with E-state index in [1.54, 1.807) is 83.4 Å². The van der Waals surface area contributed by atoms with E-state index in [9.17, 15) is 19.8 Å². The maximum absolute atomic E-state index is 12.6. The van der Waals surface area contributed by atoms with Crippen molar-refractivity contribution in [2.24, 2.45) is 0 Å². The van der Waals surface area contributed by atoms with Crippen molar-refractivity contribution >= 4 is 80.5 Å². The monoisotopic (exact) mass is 954 g/mol. The van der Waals surface area contributed by atoms with Gasteiger partial charge in [0.15, 0.2) is 0 Å². The van der Waals surface area contributed by atoms with Crippen LogP contribution >= 0.6 is 47.0 Å². The Morgan fingerprint density at radius 1 is 0.338 bits per heavy atom. The highest BCUT2D eigenvalue weighted by molar-refractivity contribution is 8.05. The van der Waals surface area contributed by atoms with Crippen LogP contribution in [0.3, 0.4) is 0 Å². The normalized spacial score (nSPS) is 12.4. The molecule has 0 fully saturated rings. The van der Waals surface area contributed by atoms with E-state index in [0.717, 1.165) is 73.2 Å². The fourth-order valence-corrected chi connectivity index (χ4v) is 13.7. The van der Waals surface area contributed by atoms with Gasteiger partial charge in [0.05, 0.1) is 11.1 Å². The molecular weight excluding hydrogens is 921 g/mol. The average Bonchev–Trinajstić information content (AvgIpc) is 3.37. The van der Waals surface area contributed by atoms with Crippen LogP contribution in [0.2, 0.25) is 0 Å². The van der Waals surface area contributed by atoms with Gasteiger partial charge in [-0.2, -0.15) is 0 Å². The van der Waals surface area contributed by atoms with E-state index in [-0.39, 0.29) is 11.1 Å². The molecule has 2 heterocycles. The fraction of sp³-hybridized carbons (Fsp3) is 0. The summed E-state index contributed by atoms with van der Waals surface area (Å²) in [5, 5.41) is 24.4. The van der Waals surface area contributed by atoms with Gasteiger partial charge in [-0.1, -0.05) is 156 Å². The van der Waals surface area contributed by atoms with E-state index in [1.165, 1.54) is 9.79 Å². The molecule has 0 spiro atoms. The summed E-state index contributed by atoms with van der Waals surface area (Å²) in [6.07, 6.45) is 0. The van der Waals surface area contributed by atoms with Crippen molar-refractivity contribution in [2.75, 3.05) is 0 Å². The number of rotatable bonds is 9. The molecule has 68 heavy (non-hydrogen) atoms. The zero-order valence-electron chi connectivity index (χ0n) is 35.6. The SMILES string of the molecule is O=C(O)c1ccc(Oc2ccc3ccccc3c2-c2c(Oc3ccc(C(=O)O)cc3-c3cccc4c3Sc3ccccc3S4)ccc3ccccc23)c(-c2cccc3c2Sc2ccccc2S3)c1. The molecule has 0 bridgehead atoms. The summed E-state index contributed by atoms with van der Waals surface area (Å²) in [5.41, 5.74) is 4.88. The number of ether oxygens (including phenoxy) is 2. The number of benzene rings is 10. The summed E-state index contributed by atoms with van der Waals surface area (Å²) in [4.78, 5) is 34.0. The van der Waals surface area contributed by atoms with Crippen LogP contribution in [-0.2, 0) is 0 Å². The molecule has 12 rings (SSSR count). The summed E-state index contributed by atoms with van der Waals surface area (Å²) in [5.74, 6) is -0.0105. The van der Waals surface area contributed by atoms with E-state index in [0.29, 0.717) is 34.1 Å². The Balaban J connectivity index is 1.04. The van der Waals surface area contributed by atoms with Crippen molar-refractivity contribution < 1.29 is 29.3 Å². The van der Waals surface area contributed by atoms with Gasteiger partial charge in [-0.05, 0) is 106 Å². The minimum atomic E-state index is -1.03. The Labute approximate surface area is 408 Å². The van der Waals surface area contributed by atoms with Crippen LogP contribution in [0.1, 0.15) is 20.7 Å². The molecule has 2 aliphatic rings. The lowest BCUT2D eigenvalue weighted by atomic mass is 9.92. The molecule has 0 unspecified atom stereocenters. The molecule has 2 N–H and O–H groups in total. The van der Waals surface area contributed by atoms with Gasteiger partial charge < -0.3 is 19.7 Å². The maximum Gasteiger partial charge on any atom is 0.335 e. The molecule has 326 valence electrons. The summed E-state index contributed by atoms with van der Waals surface area (Å²) in [7, 11) is 0. The van der Waals surface area contributed by atoms with E-state index >= 15 is 0 Å². The molecule has 0 amide bonds. The van der Waals surface area contributed by atoms with Crippen molar-refractivity contribution in [3.8, 4) is 56.4 Å². The Morgan fingerprint density at radius 3 is 1.13 bits per heavy atom. The third kappa shape index (κ3) is 7.56. The van der Waals surface area contributed by atoms with Gasteiger partial charge in [0, 0.05) is 72.5 Å². The molecule has 0 saturated heterocycles. The van der Waals surface area contributed by atoms with Crippen molar-refractivity contribution in [1.29, 1.82) is 0 Å². The standard InChI is InChI=1S/C58H34O6S4/c59-57(60)35-25-27-43(41(31-35)39-15-9-21-51-55(39)67-49-19-7-5-17-47(49)65-51)63-45-29-23-33-11-1-3-13-37(33)53(45)54-38-14-4-2-12-34(38)24-30-46(54)64-44-28-26-36(58(61)62)32-42(44)40-16-10-22-52-56(40)68-50-20-8-6-18-48(50)66-52/h1-32H,(H,59,60)(H,61,62). The van der Waals surface area contributed by atoms with Crippen LogP contribution in [0, 0.1) is 0 Å². The quantitative estimate of drug-likeness (QED) is 0.146. The Bertz CT molecular complexity index is 3490. The predicted octanol–water partition coefficient (Wildman–Crippen LogP) is 17.2. The third-order valence-electron chi connectivity index (χ3n) is 12.0. The van der Waals surface area contributed by atoms with E-state index in [4.69, 9.17) is 9.47 Å². The van der Waals surface area contributed by atoms with Crippen molar-refractivity contribution in [1.82, 2.24) is 0 Å². The first-order valence-corrected chi connectivity index (χ1v) is 24.9. The number of carboxylic acid groups (broad SMARTS) is 2. The maximum atomic E-state index is 12.6. The average molecular weight is 955 g/mol. The number of hydrogen-bond acceptors (Lipinski definition) is 8. The molecule has 0 saturated carbocycles. The fourth-order valence-electron chi connectivity index (χ4n) is 8.87. The first-order chi connectivity index (χ1) is 33.3. The minimum absolute atomic E-state index is 0.146. The molecule has 0 radical (unpaired) electrons. The predicted molar refractivity (Wildman–Crippen MR) is 274 cm³/mol. The van der Waals surface area contributed by atoms with Crippen LogP contribution in [-0.4, -0.2) is 22.2 Å². The largest absolute Gasteiger partial charge is 0.478 e. The van der Waals surface area contributed by atoms with Crippen LogP contribution in [0.15, 0.2) is 233 Å². The molecular formula is C58H34O6S4. The Kier molecular flexibility index (Phi) is 10.8. The number of carbonyl (C=O) groups is 2. The van der Waals surface area contributed by atoms with E-state index in [1.807, 2.05) is 97.1 Å². The molecule has 0 aromatic heterocycles. The highest BCUT2D eigenvalue weighted by Crippen LogP contribution is 2.56. The minimum Gasteiger partial charge on any atom is -0.478 e. The zero-order valence-corrected chi connectivity index (χ0v) is 38.9. The zero-order chi connectivity index (χ0) is 45.9. The molecule has 10 heteroatoms. The number of fused-ring (bicyclic) bond motifs is 6. The van der Waals surface area contributed by atoms with Gasteiger partial charge in [0.2, 0.25) is 0 Å². The number of hydrogen-bond donors (Lipinski definition) is 2. The van der Waals surface area contributed by atoms with Crippen molar-refractivity contribution in [2.45, 2.75) is 39.2 Å². The summed E-state index contributed by atoms with van der Waals surface area (Å²) in [6, 6.07) is 63.3. The van der Waals surface area contributed by atoms with Crippen LogP contribution in [0.5, 0.6) is 23.0 Å². The lowest BCUT2D eigenvalue weighted by molar-refractivity contribution is 0.0686. The first-order valence-electron chi connectivity index (χ1n) is 21.6. The number of aromatic carboxylic acids is 2.